The zero-order valence-corrected chi connectivity index (χ0v) is 25.6. The monoisotopic (exact) mass is 534 g/mol. The van der Waals surface area contributed by atoms with Crippen molar-refractivity contribution in [3.8, 4) is 22.4 Å². The maximum absolute atomic E-state index is 10.2. The van der Waals surface area contributed by atoms with E-state index in [1.165, 1.54) is 50.4 Å². The van der Waals surface area contributed by atoms with Crippen molar-refractivity contribution in [3.05, 3.63) is 76.7 Å². The first-order chi connectivity index (χ1) is 17.4. The number of pyridine rings is 1. The van der Waals surface area contributed by atoms with Gasteiger partial charge in [-0.05, 0) is 71.9 Å². The average molecular weight is 535 g/mol. The van der Waals surface area contributed by atoms with E-state index in [9.17, 15) is 5.11 Å². The summed E-state index contributed by atoms with van der Waals surface area (Å²) >= 11 is 3.46. The number of hydrogen-bond acceptors (Lipinski definition) is 5. The van der Waals surface area contributed by atoms with Crippen LogP contribution < -0.4 is 4.31 Å². The van der Waals surface area contributed by atoms with Crippen LogP contribution in [0.25, 0.3) is 22.4 Å². The van der Waals surface area contributed by atoms with Gasteiger partial charge in [0.15, 0.2) is 0 Å². The van der Waals surface area contributed by atoms with E-state index in [0.29, 0.717) is 11.8 Å². The van der Waals surface area contributed by atoms with Crippen molar-refractivity contribution >= 4 is 29.4 Å². The second-order valence-electron chi connectivity index (χ2n) is 11.0. The van der Waals surface area contributed by atoms with Crippen molar-refractivity contribution in [1.29, 1.82) is 0 Å². The Morgan fingerprint density at radius 3 is 2.19 bits per heavy atom. The zero-order valence-electron chi connectivity index (χ0n) is 24.0. The van der Waals surface area contributed by atoms with Gasteiger partial charge in [0.25, 0.3) is 0 Å². The van der Waals surface area contributed by atoms with Crippen LogP contribution in [0.5, 0.6) is 0 Å². The molecular weight excluding hydrogens is 492 g/mol. The van der Waals surface area contributed by atoms with Gasteiger partial charge in [-0.15, -0.1) is 11.8 Å². The number of aliphatic hydroxyl groups excluding tert-OH is 1. The van der Waals surface area contributed by atoms with Crippen molar-refractivity contribution in [2.24, 2.45) is 5.41 Å². The van der Waals surface area contributed by atoms with E-state index in [0.717, 1.165) is 23.4 Å². The maximum atomic E-state index is 10.2. The number of allylic oxidation sites excluding steroid dienone is 1. The third kappa shape index (κ3) is 6.56. The molecule has 1 aliphatic rings. The first-order valence-corrected chi connectivity index (χ1v) is 15.3. The topological polar surface area (TPSA) is 36.4 Å². The molecule has 4 rings (SSSR count). The fourth-order valence-corrected chi connectivity index (χ4v) is 5.62. The second-order valence-corrected chi connectivity index (χ2v) is 12.6. The van der Waals surface area contributed by atoms with Gasteiger partial charge in [-0.3, -0.25) is 4.98 Å². The van der Waals surface area contributed by atoms with E-state index < -0.39 is 0 Å². The zero-order chi connectivity index (χ0) is 27.5. The molecule has 198 valence electrons. The lowest BCUT2D eigenvalue weighted by atomic mass is 9.82. The third-order valence-electron chi connectivity index (χ3n) is 7.08. The number of aliphatic hydroxyl groups is 1. The Bertz CT molecular complexity index is 1270. The number of anilines is 1. The van der Waals surface area contributed by atoms with Crippen LogP contribution in [0.3, 0.4) is 0 Å². The Morgan fingerprint density at radius 1 is 1.05 bits per heavy atom. The Labute approximate surface area is 232 Å². The van der Waals surface area contributed by atoms with Crippen molar-refractivity contribution in [3.63, 3.8) is 0 Å². The molecule has 0 atom stereocenters. The van der Waals surface area contributed by atoms with Crippen LogP contribution in [-0.2, 0) is 13.0 Å². The minimum absolute atomic E-state index is 0.186. The second kappa shape index (κ2) is 12.0. The molecule has 5 heteroatoms. The van der Waals surface area contributed by atoms with Crippen LogP contribution in [0, 0.1) is 26.2 Å². The summed E-state index contributed by atoms with van der Waals surface area (Å²) in [6.07, 6.45) is 7.90. The molecular formula is C32H42N2OS2. The van der Waals surface area contributed by atoms with Crippen LogP contribution >= 0.6 is 23.7 Å². The summed E-state index contributed by atoms with van der Waals surface area (Å²) in [7, 11) is 0. The van der Waals surface area contributed by atoms with E-state index >= 15 is 0 Å². The van der Waals surface area contributed by atoms with E-state index in [1.807, 2.05) is 6.20 Å². The summed E-state index contributed by atoms with van der Waals surface area (Å²) in [6, 6.07) is 10.9. The van der Waals surface area contributed by atoms with Crippen molar-refractivity contribution in [1.82, 2.24) is 4.98 Å². The highest BCUT2D eigenvalue weighted by Crippen LogP contribution is 2.50. The molecule has 37 heavy (non-hydrogen) atoms. The van der Waals surface area contributed by atoms with E-state index in [1.54, 1.807) is 23.7 Å². The number of aryl methyl sites for hydroxylation is 1. The lowest BCUT2D eigenvalue weighted by Crippen LogP contribution is -2.23. The van der Waals surface area contributed by atoms with E-state index in [2.05, 4.69) is 102 Å². The van der Waals surface area contributed by atoms with E-state index in [4.69, 9.17) is 4.98 Å². The first kappa shape index (κ1) is 29.2. The highest BCUT2D eigenvalue weighted by molar-refractivity contribution is 8.00. The molecule has 0 amide bonds. The Kier molecular flexibility index (Phi) is 9.47. The molecule has 2 aromatic carbocycles. The molecule has 0 radical (unpaired) electrons. The summed E-state index contributed by atoms with van der Waals surface area (Å²) in [4.78, 5) is 6.10. The minimum atomic E-state index is 0.186. The quantitative estimate of drug-likeness (QED) is 0.200. The minimum Gasteiger partial charge on any atom is -0.513 e. The molecule has 3 nitrogen and oxygen atoms in total. The van der Waals surface area contributed by atoms with E-state index in [-0.39, 0.29) is 5.76 Å². The van der Waals surface area contributed by atoms with Gasteiger partial charge in [0.1, 0.15) is 0 Å². The number of benzene rings is 2. The molecule has 3 aromatic rings. The highest BCUT2D eigenvalue weighted by atomic mass is 32.2. The average Bonchev–Trinajstić information content (AvgIpc) is 2.86. The van der Waals surface area contributed by atoms with Gasteiger partial charge >= 0.3 is 0 Å². The van der Waals surface area contributed by atoms with Crippen LogP contribution in [0.1, 0.15) is 61.9 Å². The van der Waals surface area contributed by atoms with Crippen LogP contribution in [0.4, 0.5) is 5.69 Å². The molecule has 0 unspecified atom stereocenters. The van der Waals surface area contributed by atoms with Crippen LogP contribution in [-0.4, -0.2) is 22.6 Å². The van der Waals surface area contributed by atoms with Crippen molar-refractivity contribution in [2.45, 2.75) is 72.7 Å². The molecule has 0 saturated carbocycles. The number of aromatic nitrogens is 1. The van der Waals surface area contributed by atoms with Gasteiger partial charge in [0.2, 0.25) is 0 Å². The summed E-state index contributed by atoms with van der Waals surface area (Å²) < 4.78 is 2.36. The van der Waals surface area contributed by atoms with Crippen molar-refractivity contribution in [2.75, 3.05) is 16.8 Å². The number of rotatable bonds is 5. The van der Waals surface area contributed by atoms with Gasteiger partial charge in [0.05, 0.1) is 23.7 Å². The summed E-state index contributed by atoms with van der Waals surface area (Å²) in [5.74, 6) is 0.186. The fraction of sp³-hybridized carbons (Fsp3) is 0.406. The largest absolute Gasteiger partial charge is 0.513 e. The van der Waals surface area contributed by atoms with Gasteiger partial charge in [0, 0.05) is 29.3 Å². The van der Waals surface area contributed by atoms with Crippen LogP contribution in [0.2, 0.25) is 0 Å². The molecule has 0 aliphatic carbocycles. The standard InChI is InChI=1S/C26H28N2OS2.C6H14/c1-15-7-9-19(10-8-15)23-18(4)24-25-20(12-21(30-5)13-27-25)14-28(31-6)26(24)17(3)22(23)11-16(2)29;1-5-6(2,3)4/h7-10,12-13,29H,2,11,14H2,1,3-6H3;5H2,1-4H3. The molecule has 0 fully saturated rings. The fourth-order valence-electron chi connectivity index (χ4n) is 4.52. The molecule has 1 N–H and O–H groups in total. The Morgan fingerprint density at radius 2 is 1.68 bits per heavy atom. The molecule has 2 heterocycles. The third-order valence-corrected chi connectivity index (χ3v) is 8.52. The SMILES string of the molecule is C=C(O)Cc1c(C)c2c(c(C)c1-c1ccc(C)cc1)-c1ncc(SC)cc1CN2SC.CCC(C)(C)C. The smallest absolute Gasteiger partial charge is 0.0895 e. The van der Waals surface area contributed by atoms with Crippen molar-refractivity contribution < 1.29 is 5.11 Å². The lowest BCUT2D eigenvalue weighted by Gasteiger charge is -2.35. The first-order valence-electron chi connectivity index (χ1n) is 12.9. The highest BCUT2D eigenvalue weighted by Gasteiger charge is 2.30. The number of hydrogen-bond donors (Lipinski definition) is 1. The maximum Gasteiger partial charge on any atom is 0.0895 e. The summed E-state index contributed by atoms with van der Waals surface area (Å²) in [5.41, 5.74) is 12.4. The molecule has 0 bridgehead atoms. The molecule has 1 aromatic heterocycles. The summed E-state index contributed by atoms with van der Waals surface area (Å²) in [5, 5.41) is 10.2. The lowest BCUT2D eigenvalue weighted by molar-refractivity contribution is 0.398. The Hall–Kier alpha value is -2.37. The molecule has 1 aliphatic heterocycles. The molecule has 0 saturated heterocycles. The van der Waals surface area contributed by atoms with Crippen LogP contribution in [0.15, 0.2) is 53.8 Å². The number of thioether (sulfide) groups is 1. The van der Waals surface area contributed by atoms with Gasteiger partial charge in [-0.25, -0.2) is 0 Å². The van der Waals surface area contributed by atoms with Gasteiger partial charge in [-0.1, -0.05) is 82.5 Å². The Balaban J connectivity index is 0.000000568. The number of nitrogens with zero attached hydrogens (tertiary/aromatic N) is 2. The number of fused-ring (bicyclic) bond motifs is 3. The molecule has 0 spiro atoms. The van der Waals surface area contributed by atoms with Gasteiger partial charge in [-0.2, -0.15) is 0 Å². The van der Waals surface area contributed by atoms with Gasteiger partial charge < -0.3 is 9.41 Å². The predicted molar refractivity (Wildman–Crippen MR) is 166 cm³/mol. The normalized spacial score (nSPS) is 12.4. The predicted octanol–water partition coefficient (Wildman–Crippen LogP) is 9.72. The summed E-state index contributed by atoms with van der Waals surface area (Å²) in [6.45, 7) is 20.0.